The van der Waals surface area contributed by atoms with Gasteiger partial charge in [-0.3, -0.25) is 0 Å². The Hall–Kier alpha value is -0.300. The quantitative estimate of drug-likeness (QED) is 0.415. The summed E-state index contributed by atoms with van der Waals surface area (Å²) in [6.07, 6.45) is 5.72. The molecular weight excluding hydrogens is 136 g/mol. The predicted molar refractivity (Wildman–Crippen MR) is 45.4 cm³/mol. The van der Waals surface area contributed by atoms with E-state index in [0.717, 1.165) is 0 Å². The van der Waals surface area contributed by atoms with Crippen LogP contribution < -0.4 is 0 Å². The first-order chi connectivity index (χ1) is 5.10. The molecule has 0 aromatic heterocycles. The van der Waals surface area contributed by atoms with Crippen LogP contribution >= 0.6 is 0 Å². The third-order valence-electron chi connectivity index (χ3n) is 3.50. The third-order valence-corrected chi connectivity index (χ3v) is 3.50. The van der Waals surface area contributed by atoms with Crippen LogP contribution in [0.4, 0.5) is 0 Å². The average Bonchev–Trinajstić information content (AvgIpc) is 2.51. The summed E-state index contributed by atoms with van der Waals surface area (Å²) >= 11 is 0. The Balaban J connectivity index is 2.09. The summed E-state index contributed by atoms with van der Waals surface area (Å²) in [5.41, 5.74) is 0.399. The fourth-order valence-electron chi connectivity index (χ4n) is 2.31. The molecule has 1 aliphatic carbocycles. The largest absolute Gasteiger partial charge is 0.363 e. The smallest absolute Gasteiger partial charge is 0.0954 e. The van der Waals surface area contributed by atoms with Gasteiger partial charge in [-0.25, -0.2) is 0 Å². The van der Waals surface area contributed by atoms with Crippen LogP contribution in [0.5, 0.6) is 0 Å². The van der Waals surface area contributed by atoms with Crippen molar-refractivity contribution in [2.45, 2.75) is 44.3 Å². The van der Waals surface area contributed by atoms with Crippen LogP contribution in [-0.4, -0.2) is 11.2 Å². The Morgan fingerprint density at radius 2 is 2.18 bits per heavy atom. The highest BCUT2D eigenvalue weighted by Gasteiger charge is 2.65. The van der Waals surface area contributed by atoms with Gasteiger partial charge in [-0.05, 0) is 39.0 Å². The summed E-state index contributed by atoms with van der Waals surface area (Å²) in [6.45, 7) is 8.29. The van der Waals surface area contributed by atoms with Crippen molar-refractivity contribution in [1.29, 1.82) is 0 Å². The molecule has 0 radical (unpaired) electrons. The molecule has 1 saturated carbocycles. The van der Waals surface area contributed by atoms with E-state index in [9.17, 15) is 0 Å². The van der Waals surface area contributed by atoms with Gasteiger partial charge in [-0.1, -0.05) is 6.08 Å². The average molecular weight is 152 g/mol. The van der Waals surface area contributed by atoms with Gasteiger partial charge >= 0.3 is 0 Å². The monoisotopic (exact) mass is 152 g/mol. The van der Waals surface area contributed by atoms with E-state index in [1.165, 1.54) is 19.3 Å². The lowest BCUT2D eigenvalue weighted by atomic mass is 9.76. The van der Waals surface area contributed by atoms with Crippen LogP contribution in [0, 0.1) is 5.92 Å². The maximum absolute atomic E-state index is 5.74. The van der Waals surface area contributed by atoms with E-state index in [2.05, 4.69) is 26.5 Å². The normalized spacial score (nSPS) is 54.9. The summed E-state index contributed by atoms with van der Waals surface area (Å²) in [5, 5.41) is 0. The minimum Gasteiger partial charge on any atom is -0.363 e. The Morgan fingerprint density at radius 3 is 2.73 bits per heavy atom. The van der Waals surface area contributed by atoms with E-state index >= 15 is 0 Å². The van der Waals surface area contributed by atoms with Gasteiger partial charge in [0.25, 0.3) is 0 Å². The topological polar surface area (TPSA) is 12.5 Å². The Kier molecular flexibility index (Phi) is 1.26. The van der Waals surface area contributed by atoms with Crippen LogP contribution in [0.3, 0.4) is 0 Å². The SMILES string of the molecule is C=CC1CCC2(C)OC2(C)C1. The summed E-state index contributed by atoms with van der Waals surface area (Å²) in [4.78, 5) is 0. The maximum atomic E-state index is 5.74. The molecule has 2 aliphatic rings. The van der Waals surface area contributed by atoms with Gasteiger partial charge in [0, 0.05) is 0 Å². The number of fused-ring (bicyclic) bond motifs is 1. The molecule has 1 saturated heterocycles. The van der Waals surface area contributed by atoms with Crippen molar-refractivity contribution in [3.05, 3.63) is 12.7 Å². The lowest BCUT2D eigenvalue weighted by molar-refractivity contribution is 0.277. The van der Waals surface area contributed by atoms with Gasteiger partial charge in [0.1, 0.15) is 0 Å². The summed E-state index contributed by atoms with van der Waals surface area (Å²) in [5.74, 6) is 0.690. The highest BCUT2D eigenvalue weighted by Crippen LogP contribution is 2.58. The van der Waals surface area contributed by atoms with Crippen molar-refractivity contribution in [3.8, 4) is 0 Å². The molecule has 1 aliphatic heterocycles. The van der Waals surface area contributed by atoms with E-state index in [-0.39, 0.29) is 11.2 Å². The first-order valence-corrected chi connectivity index (χ1v) is 4.42. The number of hydrogen-bond acceptors (Lipinski definition) is 1. The molecule has 2 fully saturated rings. The number of allylic oxidation sites excluding steroid dienone is 1. The van der Waals surface area contributed by atoms with E-state index in [1.54, 1.807) is 0 Å². The molecule has 3 atom stereocenters. The fraction of sp³-hybridized carbons (Fsp3) is 0.800. The molecule has 11 heavy (non-hydrogen) atoms. The highest BCUT2D eigenvalue weighted by molar-refractivity contribution is 5.15. The zero-order valence-corrected chi connectivity index (χ0v) is 7.39. The summed E-state index contributed by atoms with van der Waals surface area (Å²) in [7, 11) is 0. The molecule has 0 bridgehead atoms. The van der Waals surface area contributed by atoms with E-state index in [1.807, 2.05) is 0 Å². The Morgan fingerprint density at radius 1 is 1.45 bits per heavy atom. The van der Waals surface area contributed by atoms with Crippen molar-refractivity contribution >= 4 is 0 Å². The molecule has 1 heteroatoms. The van der Waals surface area contributed by atoms with Gasteiger partial charge in [-0.2, -0.15) is 0 Å². The first-order valence-electron chi connectivity index (χ1n) is 4.42. The van der Waals surface area contributed by atoms with E-state index in [0.29, 0.717) is 5.92 Å². The highest BCUT2D eigenvalue weighted by atomic mass is 16.6. The number of hydrogen-bond donors (Lipinski definition) is 0. The fourth-order valence-corrected chi connectivity index (χ4v) is 2.31. The van der Waals surface area contributed by atoms with Gasteiger partial charge < -0.3 is 4.74 Å². The number of ether oxygens (including phenoxy) is 1. The number of epoxide rings is 1. The molecule has 1 heterocycles. The van der Waals surface area contributed by atoms with Crippen LogP contribution in [0.2, 0.25) is 0 Å². The van der Waals surface area contributed by atoms with Crippen LogP contribution in [0.1, 0.15) is 33.1 Å². The van der Waals surface area contributed by atoms with Crippen LogP contribution in [0.25, 0.3) is 0 Å². The molecule has 0 amide bonds. The zero-order chi connectivity index (χ0) is 8.11. The second-order valence-electron chi connectivity index (χ2n) is 4.30. The molecule has 0 spiro atoms. The zero-order valence-electron chi connectivity index (χ0n) is 7.39. The second kappa shape index (κ2) is 1.89. The first kappa shape index (κ1) is 7.35. The molecule has 2 rings (SSSR count). The third kappa shape index (κ3) is 0.871. The molecule has 62 valence electrons. The van der Waals surface area contributed by atoms with Gasteiger partial charge in [0.15, 0.2) is 0 Å². The molecule has 3 unspecified atom stereocenters. The van der Waals surface area contributed by atoms with Gasteiger partial charge in [0.2, 0.25) is 0 Å². The Bertz CT molecular complexity index is 199. The molecule has 0 N–H and O–H groups in total. The molecule has 0 aromatic carbocycles. The van der Waals surface area contributed by atoms with Crippen LogP contribution in [-0.2, 0) is 4.74 Å². The van der Waals surface area contributed by atoms with Crippen molar-refractivity contribution in [3.63, 3.8) is 0 Å². The van der Waals surface area contributed by atoms with Crippen molar-refractivity contribution in [2.75, 3.05) is 0 Å². The lowest BCUT2D eigenvalue weighted by Gasteiger charge is -2.24. The minimum absolute atomic E-state index is 0.185. The van der Waals surface area contributed by atoms with Gasteiger partial charge in [0.05, 0.1) is 11.2 Å². The predicted octanol–water partition coefficient (Wildman–Crippen LogP) is 2.52. The summed E-state index contributed by atoms with van der Waals surface area (Å²) < 4.78 is 5.74. The number of rotatable bonds is 1. The van der Waals surface area contributed by atoms with E-state index in [4.69, 9.17) is 4.74 Å². The van der Waals surface area contributed by atoms with Crippen molar-refractivity contribution in [2.24, 2.45) is 5.92 Å². The molecule has 0 aromatic rings. The minimum atomic E-state index is 0.185. The Labute approximate surface area is 68.4 Å². The summed E-state index contributed by atoms with van der Waals surface area (Å²) in [6, 6.07) is 0. The maximum Gasteiger partial charge on any atom is 0.0954 e. The van der Waals surface area contributed by atoms with Crippen LogP contribution in [0.15, 0.2) is 12.7 Å². The molecular formula is C10H16O. The van der Waals surface area contributed by atoms with Crippen molar-refractivity contribution in [1.82, 2.24) is 0 Å². The lowest BCUT2D eigenvalue weighted by Crippen LogP contribution is -2.28. The standard InChI is InChI=1S/C10H16O/c1-4-8-5-6-9(2)10(3,7-8)11-9/h4,8H,1,5-7H2,2-3H3. The van der Waals surface area contributed by atoms with Gasteiger partial charge in [-0.15, -0.1) is 6.58 Å². The molecule has 1 nitrogen and oxygen atoms in total. The second-order valence-corrected chi connectivity index (χ2v) is 4.30. The van der Waals surface area contributed by atoms with E-state index < -0.39 is 0 Å². The van der Waals surface area contributed by atoms with Crippen molar-refractivity contribution < 1.29 is 4.74 Å².